The molecule has 0 saturated heterocycles. The van der Waals surface area contributed by atoms with Gasteiger partial charge in [0.2, 0.25) is 6.29 Å². The highest BCUT2D eigenvalue weighted by molar-refractivity contribution is 5.35. The van der Waals surface area contributed by atoms with E-state index in [4.69, 9.17) is 14.2 Å². The van der Waals surface area contributed by atoms with Gasteiger partial charge >= 0.3 is 0 Å². The van der Waals surface area contributed by atoms with Crippen LogP contribution in [0.2, 0.25) is 0 Å². The van der Waals surface area contributed by atoms with Crippen LogP contribution < -0.4 is 4.74 Å². The highest BCUT2D eigenvalue weighted by Gasteiger charge is 2.27. The zero-order chi connectivity index (χ0) is 10.7. The third-order valence-corrected chi connectivity index (χ3v) is 2.44. The molecule has 3 nitrogen and oxygen atoms in total. The van der Waals surface area contributed by atoms with Gasteiger partial charge in [0.25, 0.3) is 0 Å². The molecule has 2 atom stereocenters. The van der Waals surface area contributed by atoms with E-state index in [2.05, 4.69) is 6.42 Å². The second kappa shape index (κ2) is 4.64. The second-order valence-corrected chi connectivity index (χ2v) is 3.37. The Hall–Kier alpha value is -1.06. The first-order valence-electron chi connectivity index (χ1n) is 4.88. The van der Waals surface area contributed by atoms with Crippen LogP contribution in [0.25, 0.3) is 0 Å². The van der Waals surface area contributed by atoms with Crippen LogP contribution in [0.3, 0.4) is 0 Å². The summed E-state index contributed by atoms with van der Waals surface area (Å²) >= 11 is 0. The van der Waals surface area contributed by atoms with E-state index in [1.807, 2.05) is 24.3 Å². The maximum atomic E-state index is 5.70. The molecule has 80 valence electrons. The van der Waals surface area contributed by atoms with E-state index in [-0.39, 0.29) is 6.10 Å². The largest absolute Gasteiger partial charge is 0.462 e. The highest BCUT2D eigenvalue weighted by atomic mass is 16.7. The molecule has 0 N–H and O–H groups in total. The maximum absolute atomic E-state index is 5.70. The zero-order valence-corrected chi connectivity index (χ0v) is 8.90. The average molecular weight is 206 g/mol. The molecule has 1 aliphatic heterocycles. The Bertz CT molecular complexity index is 324. The standard InChI is InChI=1S/C12H14O3/c1-13-11-8-7-9-5-3-4-6-10(9)15-12(11)14-2/h3-6,11-12H,7H2,1-2H3. The Balaban J connectivity index is 2.23. The van der Waals surface area contributed by atoms with Crippen molar-refractivity contribution in [1.82, 2.24) is 0 Å². The van der Waals surface area contributed by atoms with E-state index < -0.39 is 6.29 Å². The highest BCUT2D eigenvalue weighted by Crippen LogP contribution is 2.27. The topological polar surface area (TPSA) is 27.7 Å². The first-order valence-corrected chi connectivity index (χ1v) is 4.88. The lowest BCUT2D eigenvalue weighted by atomic mass is 10.1. The Kier molecular flexibility index (Phi) is 3.23. The number of hydrogen-bond acceptors (Lipinski definition) is 3. The van der Waals surface area contributed by atoms with Crippen LogP contribution in [0.15, 0.2) is 24.3 Å². The summed E-state index contributed by atoms with van der Waals surface area (Å²) in [5.74, 6) is 0.844. The van der Waals surface area contributed by atoms with Crippen LogP contribution in [-0.4, -0.2) is 26.6 Å². The van der Waals surface area contributed by atoms with E-state index in [0.29, 0.717) is 6.42 Å². The zero-order valence-electron chi connectivity index (χ0n) is 8.90. The maximum Gasteiger partial charge on any atom is 0.226 e. The predicted octanol–water partition coefficient (Wildman–Crippen LogP) is 1.69. The fourth-order valence-electron chi connectivity index (χ4n) is 1.62. The lowest BCUT2D eigenvalue weighted by molar-refractivity contribution is -0.124. The molecule has 15 heavy (non-hydrogen) atoms. The number of para-hydroxylation sites is 1. The number of methoxy groups -OCH3 is 2. The van der Waals surface area contributed by atoms with Gasteiger partial charge in [-0.1, -0.05) is 18.2 Å². The number of fused-ring (bicyclic) bond motifs is 1. The first-order chi connectivity index (χ1) is 7.35. The lowest BCUT2D eigenvalue weighted by Crippen LogP contribution is -2.34. The van der Waals surface area contributed by atoms with Crippen molar-refractivity contribution in [2.45, 2.75) is 18.8 Å². The minimum atomic E-state index is -0.418. The quantitative estimate of drug-likeness (QED) is 0.737. The SMILES string of the molecule is COC1[C]Cc2ccccc2OC1OC. The van der Waals surface area contributed by atoms with Gasteiger partial charge in [-0.2, -0.15) is 0 Å². The van der Waals surface area contributed by atoms with Crippen LogP contribution in [-0.2, 0) is 15.9 Å². The van der Waals surface area contributed by atoms with E-state index in [9.17, 15) is 0 Å². The van der Waals surface area contributed by atoms with Gasteiger partial charge in [0.15, 0.2) is 0 Å². The van der Waals surface area contributed by atoms with Crippen LogP contribution in [0.4, 0.5) is 0 Å². The molecule has 2 unspecified atom stereocenters. The molecular formula is C12H14O3. The predicted molar refractivity (Wildman–Crippen MR) is 55.6 cm³/mol. The van der Waals surface area contributed by atoms with Crippen molar-refractivity contribution >= 4 is 0 Å². The molecule has 1 aromatic carbocycles. The van der Waals surface area contributed by atoms with Crippen molar-refractivity contribution in [3.63, 3.8) is 0 Å². The molecule has 1 heterocycles. The van der Waals surface area contributed by atoms with Crippen molar-refractivity contribution < 1.29 is 14.2 Å². The fourth-order valence-corrected chi connectivity index (χ4v) is 1.62. The molecule has 0 amide bonds. The van der Waals surface area contributed by atoms with Gasteiger partial charge in [0, 0.05) is 20.6 Å². The third-order valence-electron chi connectivity index (χ3n) is 2.44. The van der Waals surface area contributed by atoms with E-state index >= 15 is 0 Å². The number of ether oxygens (including phenoxy) is 3. The smallest absolute Gasteiger partial charge is 0.226 e. The summed E-state index contributed by atoms with van der Waals surface area (Å²) in [6.45, 7) is 0. The minimum Gasteiger partial charge on any atom is -0.462 e. The lowest BCUT2D eigenvalue weighted by Gasteiger charge is -2.22. The van der Waals surface area contributed by atoms with Gasteiger partial charge in [0.1, 0.15) is 11.9 Å². The first kappa shape index (κ1) is 10.5. The summed E-state index contributed by atoms with van der Waals surface area (Å²) in [6.07, 6.45) is 3.27. The second-order valence-electron chi connectivity index (χ2n) is 3.37. The van der Waals surface area contributed by atoms with E-state index in [1.54, 1.807) is 14.2 Å². The van der Waals surface area contributed by atoms with E-state index in [0.717, 1.165) is 11.3 Å². The van der Waals surface area contributed by atoms with Gasteiger partial charge in [-0.25, -0.2) is 0 Å². The third kappa shape index (κ3) is 2.13. The molecule has 1 aromatic rings. The fraction of sp³-hybridized carbons (Fsp3) is 0.417. The molecule has 2 rings (SSSR count). The van der Waals surface area contributed by atoms with Gasteiger partial charge in [-0.05, 0) is 18.1 Å². The van der Waals surface area contributed by atoms with Crippen molar-refractivity contribution in [1.29, 1.82) is 0 Å². The van der Waals surface area contributed by atoms with Crippen molar-refractivity contribution in [2.24, 2.45) is 0 Å². The van der Waals surface area contributed by atoms with Gasteiger partial charge in [0.05, 0.1) is 0 Å². The van der Waals surface area contributed by atoms with Crippen molar-refractivity contribution in [2.75, 3.05) is 14.2 Å². The van der Waals surface area contributed by atoms with Crippen LogP contribution >= 0.6 is 0 Å². The van der Waals surface area contributed by atoms with Crippen LogP contribution in [0.1, 0.15) is 5.56 Å². The van der Waals surface area contributed by atoms with Crippen molar-refractivity contribution in [3.8, 4) is 5.75 Å². The summed E-state index contributed by atoms with van der Waals surface area (Å²) < 4.78 is 16.2. The molecule has 0 fully saturated rings. The molecule has 3 heteroatoms. The summed E-state index contributed by atoms with van der Waals surface area (Å²) in [6, 6.07) is 7.88. The molecule has 0 aromatic heterocycles. The minimum absolute atomic E-state index is 0.248. The number of hydrogen-bond donors (Lipinski definition) is 0. The summed E-state index contributed by atoms with van der Waals surface area (Å²) in [4.78, 5) is 0. The van der Waals surface area contributed by atoms with Crippen molar-refractivity contribution in [3.05, 3.63) is 36.2 Å². The van der Waals surface area contributed by atoms with Gasteiger partial charge in [-0.3, -0.25) is 0 Å². The Labute approximate surface area is 90.0 Å². The molecule has 0 bridgehead atoms. The van der Waals surface area contributed by atoms with Gasteiger partial charge < -0.3 is 14.2 Å². The molecule has 2 radical (unpaired) electrons. The summed E-state index contributed by atoms with van der Waals surface area (Å²) in [5, 5.41) is 0. The monoisotopic (exact) mass is 206 g/mol. The van der Waals surface area contributed by atoms with E-state index in [1.165, 1.54) is 0 Å². The molecule has 1 aliphatic rings. The molecule has 0 spiro atoms. The summed E-state index contributed by atoms with van der Waals surface area (Å²) in [7, 11) is 3.23. The number of rotatable bonds is 2. The van der Waals surface area contributed by atoms with Crippen LogP contribution in [0.5, 0.6) is 5.75 Å². The molecule has 0 saturated carbocycles. The molecule has 0 aliphatic carbocycles. The normalized spacial score (nSPS) is 25.2. The Morgan fingerprint density at radius 1 is 1.27 bits per heavy atom. The Morgan fingerprint density at radius 2 is 2.07 bits per heavy atom. The summed E-state index contributed by atoms with van der Waals surface area (Å²) in [5.41, 5.74) is 1.11. The Morgan fingerprint density at radius 3 is 2.80 bits per heavy atom. The van der Waals surface area contributed by atoms with Gasteiger partial charge in [-0.15, -0.1) is 0 Å². The van der Waals surface area contributed by atoms with Crippen LogP contribution in [0, 0.1) is 6.42 Å². The number of benzene rings is 1. The molecular weight excluding hydrogens is 192 g/mol. The average Bonchev–Trinajstić information content (AvgIpc) is 2.47.